The second kappa shape index (κ2) is 16.6. The molecule has 0 aromatic heterocycles. The normalized spacial score (nSPS) is 17.9. The standard InChI is InChI=1S/C32H34Cl2F2N2O8/c1-3-22(33)21(23(34)16-38-41)15-27(19-8-11-26(46-32(35)36)28(13-19)43-17-18-6-7-18)44-30(39)20-9-10-25(42-2)29(14-20)45-31(40)24-5-4-12-37-24/h3,8-11,13-14,16,18,24,27,32,37,41H,4-7,12,15,17H2,1-2H3/b22-3+,23-21+,38-16+/t24-,27?/m0/s1. The molecule has 14 heteroatoms. The summed E-state index contributed by atoms with van der Waals surface area (Å²) in [4.78, 5) is 26.3. The van der Waals surface area contributed by atoms with Crippen LogP contribution in [0.3, 0.4) is 0 Å². The summed E-state index contributed by atoms with van der Waals surface area (Å²) in [5.41, 5.74) is 0.640. The predicted octanol–water partition coefficient (Wildman–Crippen LogP) is 7.13. The maximum Gasteiger partial charge on any atom is 0.387 e. The van der Waals surface area contributed by atoms with Crippen molar-refractivity contribution in [1.29, 1.82) is 0 Å². The first kappa shape index (κ1) is 35.0. The molecule has 2 aliphatic rings. The van der Waals surface area contributed by atoms with Gasteiger partial charge in [-0.1, -0.05) is 40.5 Å². The van der Waals surface area contributed by atoms with Crippen molar-refractivity contribution in [2.24, 2.45) is 11.1 Å². The molecule has 1 saturated heterocycles. The van der Waals surface area contributed by atoms with E-state index >= 15 is 0 Å². The summed E-state index contributed by atoms with van der Waals surface area (Å²) in [5, 5.41) is 15.3. The minimum atomic E-state index is -3.09. The van der Waals surface area contributed by atoms with Gasteiger partial charge in [0.25, 0.3) is 0 Å². The molecule has 1 aliphatic heterocycles. The zero-order valence-electron chi connectivity index (χ0n) is 25.1. The van der Waals surface area contributed by atoms with Gasteiger partial charge in [-0.15, -0.1) is 0 Å². The average molecular weight is 684 g/mol. The van der Waals surface area contributed by atoms with Gasteiger partial charge in [-0.2, -0.15) is 8.78 Å². The lowest BCUT2D eigenvalue weighted by Crippen LogP contribution is -2.34. The molecule has 0 spiro atoms. The van der Waals surface area contributed by atoms with Crippen LogP contribution >= 0.6 is 23.2 Å². The Bertz CT molecular complexity index is 1490. The number of allylic oxidation sites excluding steroid dienone is 3. The monoisotopic (exact) mass is 682 g/mol. The highest BCUT2D eigenvalue weighted by atomic mass is 35.5. The van der Waals surface area contributed by atoms with Gasteiger partial charge in [-0.3, -0.25) is 0 Å². The number of carbonyl (C=O) groups excluding carboxylic acids is 2. The minimum absolute atomic E-state index is 0.0243. The van der Waals surface area contributed by atoms with Crippen LogP contribution in [0, 0.1) is 5.92 Å². The van der Waals surface area contributed by atoms with Gasteiger partial charge >= 0.3 is 18.6 Å². The Morgan fingerprint density at radius 2 is 1.85 bits per heavy atom. The molecule has 2 N–H and O–H groups in total. The van der Waals surface area contributed by atoms with Gasteiger partial charge < -0.3 is 34.2 Å². The summed E-state index contributed by atoms with van der Waals surface area (Å²) in [6, 6.07) is 7.95. The van der Waals surface area contributed by atoms with Crippen LogP contribution in [0.25, 0.3) is 0 Å². The van der Waals surface area contributed by atoms with Crippen LogP contribution in [0.4, 0.5) is 8.78 Å². The SMILES string of the molecule is C\C=C(Cl)/C(CC(OC(=O)c1ccc(OC)c(OC(=O)[C@@H]2CCCN2)c1)c1ccc(OC(F)F)c(OCC2CC2)c1)=C(Cl)\C=N\O. The second-order valence-electron chi connectivity index (χ2n) is 10.6. The minimum Gasteiger partial charge on any atom is -0.493 e. The summed E-state index contributed by atoms with van der Waals surface area (Å²) < 4.78 is 53.7. The topological polar surface area (TPSA) is 125 Å². The molecule has 2 atom stereocenters. The molecule has 1 saturated carbocycles. The molecule has 1 aliphatic carbocycles. The average Bonchev–Trinajstić information content (AvgIpc) is 3.71. The van der Waals surface area contributed by atoms with Gasteiger partial charge in [0, 0.05) is 11.5 Å². The van der Waals surface area contributed by atoms with Crippen LogP contribution < -0.4 is 24.3 Å². The van der Waals surface area contributed by atoms with Crippen LogP contribution in [0.15, 0.2) is 63.3 Å². The molecule has 1 heterocycles. The molecule has 46 heavy (non-hydrogen) atoms. The lowest BCUT2D eigenvalue weighted by Gasteiger charge is -2.22. The molecule has 4 rings (SSSR count). The fraction of sp³-hybridized carbons (Fsp3) is 0.406. The number of methoxy groups -OCH3 is 1. The van der Waals surface area contributed by atoms with E-state index in [1.54, 1.807) is 13.0 Å². The molecule has 2 aromatic carbocycles. The number of esters is 2. The van der Waals surface area contributed by atoms with E-state index in [0.717, 1.165) is 25.5 Å². The molecule has 248 valence electrons. The fourth-order valence-corrected chi connectivity index (χ4v) is 5.14. The van der Waals surface area contributed by atoms with Crippen LogP contribution in [0.1, 0.15) is 61.1 Å². The van der Waals surface area contributed by atoms with Gasteiger partial charge in [-0.25, -0.2) is 9.59 Å². The number of ether oxygens (including phenoxy) is 5. The molecular formula is C32H34Cl2F2N2O8. The van der Waals surface area contributed by atoms with Gasteiger partial charge in [0.15, 0.2) is 23.0 Å². The van der Waals surface area contributed by atoms with Crippen molar-refractivity contribution in [1.82, 2.24) is 5.32 Å². The fourth-order valence-electron chi connectivity index (χ4n) is 4.69. The van der Waals surface area contributed by atoms with Gasteiger partial charge in [0.2, 0.25) is 0 Å². The number of alkyl halides is 2. The Kier molecular flexibility index (Phi) is 12.6. The van der Waals surface area contributed by atoms with Gasteiger partial charge in [0.1, 0.15) is 12.1 Å². The van der Waals surface area contributed by atoms with Crippen LogP contribution in [-0.4, -0.2) is 56.3 Å². The third-order valence-corrected chi connectivity index (χ3v) is 8.09. The first-order valence-electron chi connectivity index (χ1n) is 14.6. The summed E-state index contributed by atoms with van der Waals surface area (Å²) in [7, 11) is 1.40. The zero-order chi connectivity index (χ0) is 33.2. The van der Waals surface area contributed by atoms with E-state index in [9.17, 15) is 18.4 Å². The first-order chi connectivity index (χ1) is 22.1. The smallest absolute Gasteiger partial charge is 0.387 e. The van der Waals surface area contributed by atoms with E-state index in [1.807, 2.05) is 0 Å². The van der Waals surface area contributed by atoms with E-state index in [0.29, 0.717) is 31.1 Å². The van der Waals surface area contributed by atoms with E-state index in [-0.39, 0.29) is 50.6 Å². The number of hydrogen-bond donors (Lipinski definition) is 2. The van der Waals surface area contributed by atoms with Crippen LogP contribution in [0.2, 0.25) is 0 Å². The Balaban J connectivity index is 1.69. The summed E-state index contributed by atoms with van der Waals surface area (Å²) in [6.45, 7) is -0.448. The lowest BCUT2D eigenvalue weighted by atomic mass is 9.99. The van der Waals surface area contributed by atoms with Crippen molar-refractivity contribution in [3.8, 4) is 23.0 Å². The van der Waals surface area contributed by atoms with Crippen molar-refractivity contribution in [3.05, 3.63) is 69.2 Å². The number of halogens is 4. The summed E-state index contributed by atoms with van der Waals surface area (Å²) in [5.74, 6) is -0.923. The molecule has 2 aromatic rings. The zero-order valence-corrected chi connectivity index (χ0v) is 26.7. The lowest BCUT2D eigenvalue weighted by molar-refractivity contribution is -0.136. The van der Waals surface area contributed by atoms with E-state index < -0.39 is 30.7 Å². The molecular weight excluding hydrogens is 649 g/mol. The molecule has 10 nitrogen and oxygen atoms in total. The highest BCUT2D eigenvalue weighted by Gasteiger charge is 2.28. The number of rotatable bonds is 15. The number of oxime groups is 1. The highest BCUT2D eigenvalue weighted by molar-refractivity contribution is 6.42. The number of carbonyl (C=O) groups is 2. The van der Waals surface area contributed by atoms with Crippen LogP contribution in [0.5, 0.6) is 23.0 Å². The number of nitrogens with zero attached hydrogens (tertiary/aromatic N) is 1. The van der Waals surface area contributed by atoms with E-state index in [1.165, 1.54) is 43.5 Å². The number of nitrogens with one attached hydrogen (secondary N) is 1. The maximum atomic E-state index is 13.6. The molecule has 0 bridgehead atoms. The number of hydrogen-bond acceptors (Lipinski definition) is 10. The third kappa shape index (κ3) is 9.57. The predicted molar refractivity (Wildman–Crippen MR) is 166 cm³/mol. The molecule has 2 fully saturated rings. The van der Waals surface area contributed by atoms with Crippen molar-refractivity contribution in [2.75, 3.05) is 20.3 Å². The Morgan fingerprint density at radius 1 is 1.09 bits per heavy atom. The van der Waals surface area contributed by atoms with Crippen molar-refractivity contribution in [3.63, 3.8) is 0 Å². The molecule has 1 unspecified atom stereocenters. The first-order valence-corrected chi connectivity index (χ1v) is 15.3. The third-order valence-electron chi connectivity index (χ3n) is 7.32. The summed E-state index contributed by atoms with van der Waals surface area (Å²) in [6.07, 6.45) is 4.65. The van der Waals surface area contributed by atoms with E-state index in [2.05, 4.69) is 15.2 Å². The van der Waals surface area contributed by atoms with Crippen molar-refractivity contribution < 1.29 is 47.3 Å². The Hall–Kier alpha value is -3.87. The van der Waals surface area contributed by atoms with Crippen molar-refractivity contribution in [2.45, 2.75) is 57.8 Å². The second-order valence-corrected chi connectivity index (χ2v) is 11.4. The molecule has 0 radical (unpaired) electrons. The maximum absolute atomic E-state index is 13.6. The largest absolute Gasteiger partial charge is 0.493 e. The Labute approximate surface area is 274 Å². The van der Waals surface area contributed by atoms with E-state index in [4.69, 9.17) is 47.4 Å². The summed E-state index contributed by atoms with van der Waals surface area (Å²) >= 11 is 12.8. The molecule has 0 amide bonds. The van der Waals surface area contributed by atoms with Crippen molar-refractivity contribution >= 4 is 41.4 Å². The van der Waals surface area contributed by atoms with Gasteiger partial charge in [-0.05, 0) is 86.5 Å². The van der Waals surface area contributed by atoms with Crippen LogP contribution in [-0.2, 0) is 9.53 Å². The Morgan fingerprint density at radius 3 is 2.48 bits per heavy atom. The van der Waals surface area contributed by atoms with Gasteiger partial charge in [0.05, 0.1) is 30.5 Å². The highest BCUT2D eigenvalue weighted by Crippen LogP contribution is 2.39. The number of benzene rings is 2. The quantitative estimate of drug-likeness (QED) is 0.0504.